The molecule has 2 aromatic heterocycles. The number of benzene rings is 2. The molecule has 4 aromatic rings. The quantitative estimate of drug-likeness (QED) is 0.204. The van der Waals surface area contributed by atoms with Gasteiger partial charge in [-0.15, -0.1) is 22.7 Å². The van der Waals surface area contributed by atoms with E-state index in [9.17, 15) is 30.6 Å². The largest absolute Gasteiger partial charge is 0.298 e. The summed E-state index contributed by atoms with van der Waals surface area (Å²) in [6.45, 7) is 4.55. The van der Waals surface area contributed by atoms with Crippen molar-refractivity contribution in [3.63, 3.8) is 0 Å². The summed E-state index contributed by atoms with van der Waals surface area (Å²) in [5.74, 6) is 0. The van der Waals surface area contributed by atoms with Crippen LogP contribution in [0.25, 0.3) is 46.6 Å². The Bertz CT molecular complexity index is 3000. The molecular weight excluding hydrogens is 805 g/mol. The van der Waals surface area contributed by atoms with Crippen molar-refractivity contribution >= 4 is 58.1 Å². The molecule has 3 spiro atoms. The fraction of sp³-hybridized carbons (Fsp3) is 0.423. The molecule has 2 aromatic carbocycles. The van der Waals surface area contributed by atoms with Crippen molar-refractivity contribution < 1.29 is 0 Å². The van der Waals surface area contributed by atoms with E-state index in [1.165, 1.54) is 110 Å². The van der Waals surface area contributed by atoms with Gasteiger partial charge >= 0.3 is 0 Å². The molecule has 0 amide bonds. The summed E-state index contributed by atoms with van der Waals surface area (Å²) in [5, 5.41) is 39.0. The molecular formula is C52H48N6O2S2. The lowest BCUT2D eigenvalue weighted by Gasteiger charge is -2.38. The van der Waals surface area contributed by atoms with Crippen LogP contribution in [0.4, 0.5) is 0 Å². The van der Waals surface area contributed by atoms with Crippen LogP contribution in [0.2, 0.25) is 0 Å². The van der Waals surface area contributed by atoms with Gasteiger partial charge in [0.1, 0.15) is 33.6 Å². The number of rotatable bonds is 4. The van der Waals surface area contributed by atoms with E-state index in [4.69, 9.17) is 0 Å². The minimum Gasteiger partial charge on any atom is -0.298 e. The van der Waals surface area contributed by atoms with Gasteiger partial charge < -0.3 is 0 Å². The first-order valence-corrected chi connectivity index (χ1v) is 24.2. The number of thiazole rings is 2. The van der Waals surface area contributed by atoms with Gasteiger partial charge in [0, 0.05) is 29.3 Å². The molecule has 0 aliphatic heterocycles. The highest BCUT2D eigenvalue weighted by Crippen LogP contribution is 2.62. The van der Waals surface area contributed by atoms with Gasteiger partial charge in [-0.25, -0.2) is 0 Å². The van der Waals surface area contributed by atoms with Crippen LogP contribution in [0.5, 0.6) is 0 Å². The van der Waals surface area contributed by atoms with Crippen molar-refractivity contribution in [2.45, 2.75) is 139 Å². The molecule has 10 heteroatoms. The van der Waals surface area contributed by atoms with E-state index >= 15 is 0 Å². The Morgan fingerprint density at radius 2 is 0.903 bits per heavy atom. The molecule has 0 unspecified atom stereocenters. The van der Waals surface area contributed by atoms with Gasteiger partial charge in [0.05, 0.1) is 9.06 Å². The van der Waals surface area contributed by atoms with Gasteiger partial charge in [-0.3, -0.25) is 18.7 Å². The molecule has 3 fully saturated rings. The monoisotopic (exact) mass is 852 g/mol. The van der Waals surface area contributed by atoms with Crippen LogP contribution in [-0.4, -0.2) is 9.13 Å². The summed E-state index contributed by atoms with van der Waals surface area (Å²) in [4.78, 5) is 27.7. The first-order valence-electron chi connectivity index (χ1n) is 22.6. The molecule has 6 aliphatic rings. The van der Waals surface area contributed by atoms with E-state index in [1.54, 1.807) is 9.13 Å². The van der Waals surface area contributed by atoms with Crippen LogP contribution < -0.4 is 29.5 Å². The Morgan fingerprint density at radius 3 is 1.24 bits per heavy atom. The van der Waals surface area contributed by atoms with Crippen molar-refractivity contribution in [3.8, 4) is 35.4 Å². The van der Waals surface area contributed by atoms with E-state index in [1.807, 2.05) is 38.1 Å². The third-order valence-corrected chi connectivity index (χ3v) is 17.7. The lowest BCUT2D eigenvalue weighted by atomic mass is 9.65. The van der Waals surface area contributed by atoms with E-state index < -0.39 is 0 Å². The first kappa shape index (κ1) is 40.3. The molecule has 62 heavy (non-hydrogen) atoms. The standard InChI is InChI=1S/C52H48N6O2S2/c1-3-57-46(59)44(61-48(57)34(28-53)29-54)24-36-20-32-22-42-38(26-40(32)50(36)14-8-5-9-15-50)39-27-41-33(23-43(39)52(42)18-12-7-13-19-52)21-37(51(41)16-10-6-11-17-51)25-45-47(60)58(4-2)49(62-45)35(30-55)31-56/h20-27H,3-19H2,1-2H3/b44-24-,45-25-. The molecule has 310 valence electrons. The summed E-state index contributed by atoms with van der Waals surface area (Å²) in [7, 11) is 0. The Labute approximate surface area is 369 Å². The Morgan fingerprint density at radius 1 is 0.548 bits per heavy atom. The minimum atomic E-state index is -0.222. The van der Waals surface area contributed by atoms with Crippen molar-refractivity contribution in [1.29, 1.82) is 21.0 Å². The Balaban J connectivity index is 1.16. The van der Waals surface area contributed by atoms with Crippen LogP contribution >= 0.6 is 22.7 Å². The second-order valence-corrected chi connectivity index (χ2v) is 20.3. The number of hydrogen-bond acceptors (Lipinski definition) is 8. The molecule has 2 heterocycles. The summed E-state index contributed by atoms with van der Waals surface area (Å²) >= 11 is 2.52. The van der Waals surface area contributed by atoms with Crippen LogP contribution in [0.1, 0.15) is 144 Å². The Kier molecular flexibility index (Phi) is 9.90. The third kappa shape index (κ3) is 5.69. The van der Waals surface area contributed by atoms with Crippen LogP contribution in [0, 0.1) is 45.3 Å². The Hall–Kier alpha value is -5.78. The lowest BCUT2D eigenvalue weighted by Crippen LogP contribution is -2.33. The van der Waals surface area contributed by atoms with E-state index in [0.717, 1.165) is 64.2 Å². The van der Waals surface area contributed by atoms with Gasteiger partial charge in [-0.05, 0) is 144 Å². The fourth-order valence-electron chi connectivity index (χ4n) is 12.6. The number of nitrogens with zero attached hydrogens (tertiary/aromatic N) is 6. The van der Waals surface area contributed by atoms with Crippen molar-refractivity contribution in [1.82, 2.24) is 9.13 Å². The molecule has 0 atom stereocenters. The van der Waals surface area contributed by atoms with Crippen LogP contribution in [0.3, 0.4) is 0 Å². The molecule has 0 bridgehead atoms. The lowest BCUT2D eigenvalue weighted by molar-refractivity contribution is 0.348. The molecule has 0 saturated heterocycles. The zero-order valence-electron chi connectivity index (χ0n) is 35.5. The van der Waals surface area contributed by atoms with Gasteiger partial charge in [0.25, 0.3) is 11.1 Å². The minimum absolute atomic E-state index is 0.0249. The molecule has 8 nitrogen and oxygen atoms in total. The number of aromatic nitrogens is 2. The normalized spacial score (nSPS) is 20.1. The molecule has 6 aliphatic carbocycles. The van der Waals surface area contributed by atoms with Gasteiger partial charge in [0.15, 0.2) is 11.1 Å². The zero-order chi connectivity index (χ0) is 43.0. The first-order chi connectivity index (χ1) is 30.2. The highest BCUT2D eigenvalue weighted by Gasteiger charge is 2.50. The van der Waals surface area contributed by atoms with E-state index in [-0.39, 0.29) is 38.5 Å². The summed E-state index contributed by atoms with van der Waals surface area (Å²) in [6.07, 6.45) is 25.5. The van der Waals surface area contributed by atoms with Gasteiger partial charge in [-0.2, -0.15) is 21.0 Å². The topological polar surface area (TPSA) is 139 Å². The van der Waals surface area contributed by atoms with E-state index in [0.29, 0.717) is 31.5 Å². The summed E-state index contributed by atoms with van der Waals surface area (Å²) in [5.41, 5.74) is 12.3. The van der Waals surface area contributed by atoms with Gasteiger partial charge in [-0.1, -0.05) is 69.9 Å². The van der Waals surface area contributed by atoms with Crippen molar-refractivity contribution in [3.05, 3.63) is 108 Å². The maximum absolute atomic E-state index is 13.9. The molecule has 3 saturated carbocycles. The SMILES string of the molecule is CCn1c(=C(C#N)C#N)s/c(=C\C2=Cc3cc4c(cc3C23CCCCC3)-c2cc3c(cc2C42CCCCC2)C=C(/C=c2\sc(=C(C#N)C#N)n(CC)c2=O)C32CCCCC2)c1=O. The second-order valence-electron chi connectivity index (χ2n) is 18.2. The van der Waals surface area contributed by atoms with E-state index in [2.05, 4.69) is 48.6 Å². The zero-order valence-corrected chi connectivity index (χ0v) is 37.1. The summed E-state index contributed by atoms with van der Waals surface area (Å²) in [6, 6.07) is 18.2. The third-order valence-electron chi connectivity index (χ3n) is 15.5. The number of hydrogen-bond donors (Lipinski definition) is 0. The highest BCUT2D eigenvalue weighted by molar-refractivity contribution is 7.07. The van der Waals surface area contributed by atoms with Crippen molar-refractivity contribution in [2.75, 3.05) is 0 Å². The number of fused-ring (bicyclic) bond motifs is 9. The molecule has 0 radical (unpaired) electrons. The van der Waals surface area contributed by atoms with Crippen LogP contribution in [-0.2, 0) is 29.3 Å². The number of nitriles is 4. The fourth-order valence-corrected chi connectivity index (χ4v) is 14.8. The maximum Gasteiger partial charge on any atom is 0.269 e. The molecule has 10 rings (SSSR count). The average molecular weight is 853 g/mol. The highest BCUT2D eigenvalue weighted by atomic mass is 32.1. The van der Waals surface area contributed by atoms with Gasteiger partial charge in [0.2, 0.25) is 0 Å². The predicted molar refractivity (Wildman–Crippen MR) is 246 cm³/mol. The molecule has 0 N–H and O–H groups in total. The maximum atomic E-state index is 13.9. The average Bonchev–Trinajstić information content (AvgIpc) is 4.03. The van der Waals surface area contributed by atoms with Crippen LogP contribution in [0.15, 0.2) is 45.0 Å². The predicted octanol–water partition coefficient (Wildman–Crippen LogP) is 7.96. The summed E-state index contributed by atoms with van der Waals surface area (Å²) < 4.78 is 5.15. The smallest absolute Gasteiger partial charge is 0.269 e. The number of allylic oxidation sites excluding steroid dienone is 2. The van der Waals surface area contributed by atoms with Crippen molar-refractivity contribution in [2.24, 2.45) is 0 Å². The second kappa shape index (κ2) is 15.2.